The molecule has 0 heteroatoms. The number of benzene rings is 1. The Morgan fingerprint density at radius 1 is 0.769 bits per heavy atom. The molecule has 0 heterocycles. The third-order valence-corrected chi connectivity index (χ3v) is 2.47. The van der Waals surface area contributed by atoms with Crippen molar-refractivity contribution in [3.63, 3.8) is 0 Å². The first-order valence-corrected chi connectivity index (χ1v) is 5.41. The topological polar surface area (TPSA) is 0 Å². The van der Waals surface area contributed by atoms with Crippen molar-refractivity contribution in [3.8, 4) is 0 Å². The lowest BCUT2D eigenvalue weighted by Gasteiger charge is -2.06. The van der Waals surface area contributed by atoms with Gasteiger partial charge in [-0.3, -0.25) is 0 Å². The predicted molar refractivity (Wildman–Crippen MR) is 59.2 cm³/mol. The summed E-state index contributed by atoms with van der Waals surface area (Å²) in [7, 11) is 0. The van der Waals surface area contributed by atoms with Gasteiger partial charge in [-0.25, -0.2) is 0 Å². The molecule has 0 unspecified atom stereocenters. The molecule has 72 valence electrons. The maximum Gasteiger partial charge on any atom is -0.0281 e. The fourth-order valence-electron chi connectivity index (χ4n) is 1.68. The van der Waals surface area contributed by atoms with Gasteiger partial charge in [0.2, 0.25) is 0 Å². The van der Waals surface area contributed by atoms with Gasteiger partial charge in [0.25, 0.3) is 0 Å². The zero-order chi connectivity index (χ0) is 9.68. The van der Waals surface area contributed by atoms with Crippen LogP contribution in [0.4, 0.5) is 0 Å². The van der Waals surface area contributed by atoms with E-state index in [-0.39, 0.29) is 0 Å². The first-order chi connectivity index (χ1) is 6.30. The van der Waals surface area contributed by atoms with Crippen molar-refractivity contribution in [2.75, 3.05) is 0 Å². The van der Waals surface area contributed by atoms with E-state index in [1.165, 1.54) is 29.5 Å². The highest BCUT2D eigenvalue weighted by Gasteiger charge is 1.97. The Hall–Kier alpha value is -0.780. The van der Waals surface area contributed by atoms with Gasteiger partial charge in [0.15, 0.2) is 0 Å². The number of hydrogen-bond donors (Lipinski definition) is 0. The molecule has 0 saturated carbocycles. The molecule has 0 radical (unpaired) electrons. The standard InChI is InChI=1S/C13H20/c1-4-7-13-9-11(5-2)8-12(6-3)10-13/h8-10H,4-7H2,1-3H3. The van der Waals surface area contributed by atoms with Crippen LogP contribution in [-0.4, -0.2) is 0 Å². The van der Waals surface area contributed by atoms with E-state index in [2.05, 4.69) is 39.0 Å². The summed E-state index contributed by atoms with van der Waals surface area (Å²) in [5.74, 6) is 0. The molecule has 0 aliphatic carbocycles. The summed E-state index contributed by atoms with van der Waals surface area (Å²) in [6.45, 7) is 6.69. The first-order valence-electron chi connectivity index (χ1n) is 5.41. The molecular formula is C13H20. The SMILES string of the molecule is CCCc1cc(CC)cc(CC)c1. The van der Waals surface area contributed by atoms with E-state index in [4.69, 9.17) is 0 Å². The molecule has 1 aromatic rings. The monoisotopic (exact) mass is 176 g/mol. The zero-order valence-corrected chi connectivity index (χ0v) is 9.06. The van der Waals surface area contributed by atoms with Crippen molar-refractivity contribution in [2.24, 2.45) is 0 Å². The second kappa shape index (κ2) is 5.06. The molecule has 0 aromatic heterocycles. The van der Waals surface area contributed by atoms with Crippen molar-refractivity contribution >= 4 is 0 Å². The summed E-state index contributed by atoms with van der Waals surface area (Å²) in [4.78, 5) is 0. The van der Waals surface area contributed by atoms with Crippen molar-refractivity contribution in [1.82, 2.24) is 0 Å². The number of aryl methyl sites for hydroxylation is 3. The summed E-state index contributed by atoms with van der Waals surface area (Å²) < 4.78 is 0. The molecule has 0 spiro atoms. The molecular weight excluding hydrogens is 156 g/mol. The van der Waals surface area contributed by atoms with Gasteiger partial charge in [-0.05, 0) is 36.0 Å². The maximum absolute atomic E-state index is 2.35. The van der Waals surface area contributed by atoms with Crippen molar-refractivity contribution in [1.29, 1.82) is 0 Å². The fraction of sp³-hybridized carbons (Fsp3) is 0.538. The molecule has 0 aliphatic heterocycles. The lowest BCUT2D eigenvalue weighted by Crippen LogP contribution is -1.91. The minimum Gasteiger partial charge on any atom is -0.0651 e. The van der Waals surface area contributed by atoms with Crippen LogP contribution < -0.4 is 0 Å². The summed E-state index contributed by atoms with van der Waals surface area (Å²) in [6, 6.07) is 7.03. The molecule has 0 bridgehead atoms. The highest BCUT2D eigenvalue weighted by Crippen LogP contribution is 2.13. The van der Waals surface area contributed by atoms with Gasteiger partial charge in [0.05, 0.1) is 0 Å². The second-order valence-electron chi connectivity index (χ2n) is 3.61. The average Bonchev–Trinajstić information content (AvgIpc) is 2.17. The third-order valence-electron chi connectivity index (χ3n) is 2.47. The Morgan fingerprint density at radius 3 is 1.62 bits per heavy atom. The van der Waals surface area contributed by atoms with Crippen LogP contribution >= 0.6 is 0 Å². The Kier molecular flexibility index (Phi) is 4.01. The van der Waals surface area contributed by atoms with Crippen LogP contribution in [0.15, 0.2) is 18.2 Å². The lowest BCUT2D eigenvalue weighted by molar-refractivity contribution is 0.911. The molecule has 13 heavy (non-hydrogen) atoms. The Morgan fingerprint density at radius 2 is 1.23 bits per heavy atom. The van der Waals surface area contributed by atoms with Crippen molar-refractivity contribution in [3.05, 3.63) is 34.9 Å². The number of hydrogen-bond acceptors (Lipinski definition) is 0. The van der Waals surface area contributed by atoms with Gasteiger partial charge in [-0.15, -0.1) is 0 Å². The van der Waals surface area contributed by atoms with Gasteiger partial charge < -0.3 is 0 Å². The molecule has 0 atom stereocenters. The Balaban J connectivity index is 2.93. The van der Waals surface area contributed by atoms with Gasteiger partial charge in [-0.1, -0.05) is 45.4 Å². The minimum absolute atomic E-state index is 1.16. The highest BCUT2D eigenvalue weighted by atomic mass is 14.0. The fourth-order valence-corrected chi connectivity index (χ4v) is 1.68. The van der Waals surface area contributed by atoms with E-state index in [1.54, 1.807) is 0 Å². The molecule has 0 aliphatic rings. The van der Waals surface area contributed by atoms with Crippen molar-refractivity contribution in [2.45, 2.75) is 46.5 Å². The summed E-state index contributed by atoms with van der Waals surface area (Å²) in [6.07, 6.45) is 4.78. The zero-order valence-electron chi connectivity index (χ0n) is 9.06. The molecule has 0 amide bonds. The van der Waals surface area contributed by atoms with E-state index in [0.29, 0.717) is 0 Å². The summed E-state index contributed by atoms with van der Waals surface area (Å²) >= 11 is 0. The van der Waals surface area contributed by atoms with Crippen LogP contribution in [0.3, 0.4) is 0 Å². The summed E-state index contributed by atoms with van der Waals surface area (Å²) in [5.41, 5.74) is 4.49. The van der Waals surface area contributed by atoms with Gasteiger partial charge in [0.1, 0.15) is 0 Å². The molecule has 0 saturated heterocycles. The smallest absolute Gasteiger partial charge is 0.0281 e. The van der Waals surface area contributed by atoms with Crippen LogP contribution in [0.2, 0.25) is 0 Å². The normalized spacial score (nSPS) is 10.4. The molecule has 0 nitrogen and oxygen atoms in total. The maximum atomic E-state index is 2.35. The van der Waals surface area contributed by atoms with Crippen LogP contribution in [0.25, 0.3) is 0 Å². The van der Waals surface area contributed by atoms with Crippen LogP contribution in [0.5, 0.6) is 0 Å². The molecule has 0 fully saturated rings. The minimum atomic E-state index is 1.16. The van der Waals surface area contributed by atoms with E-state index in [9.17, 15) is 0 Å². The Bertz CT molecular complexity index is 238. The second-order valence-corrected chi connectivity index (χ2v) is 3.61. The van der Waals surface area contributed by atoms with E-state index in [0.717, 1.165) is 12.8 Å². The highest BCUT2D eigenvalue weighted by molar-refractivity contribution is 5.30. The molecule has 1 rings (SSSR count). The molecule has 1 aromatic carbocycles. The van der Waals surface area contributed by atoms with E-state index in [1.807, 2.05) is 0 Å². The quantitative estimate of drug-likeness (QED) is 0.655. The van der Waals surface area contributed by atoms with Crippen molar-refractivity contribution < 1.29 is 0 Å². The van der Waals surface area contributed by atoms with Gasteiger partial charge in [0, 0.05) is 0 Å². The summed E-state index contributed by atoms with van der Waals surface area (Å²) in [5, 5.41) is 0. The van der Waals surface area contributed by atoms with E-state index < -0.39 is 0 Å². The van der Waals surface area contributed by atoms with Gasteiger partial charge >= 0.3 is 0 Å². The van der Waals surface area contributed by atoms with Crippen LogP contribution in [0.1, 0.15) is 43.9 Å². The van der Waals surface area contributed by atoms with Crippen LogP contribution in [-0.2, 0) is 19.3 Å². The van der Waals surface area contributed by atoms with E-state index >= 15 is 0 Å². The average molecular weight is 176 g/mol. The molecule has 0 N–H and O–H groups in total. The van der Waals surface area contributed by atoms with Crippen LogP contribution in [0, 0.1) is 0 Å². The lowest BCUT2D eigenvalue weighted by atomic mass is 10.00. The van der Waals surface area contributed by atoms with Gasteiger partial charge in [-0.2, -0.15) is 0 Å². The third kappa shape index (κ3) is 2.87. The first kappa shape index (κ1) is 10.3. The number of rotatable bonds is 4. The predicted octanol–water partition coefficient (Wildman–Crippen LogP) is 3.76. The Labute approximate surface area is 82.0 Å². The largest absolute Gasteiger partial charge is 0.0651 e.